The number of nitrogens with zero attached hydrogens (tertiary/aromatic N) is 3. The summed E-state index contributed by atoms with van der Waals surface area (Å²) < 4.78 is 5.25. The van der Waals surface area contributed by atoms with Crippen LogP contribution in [0.4, 0.5) is 0 Å². The number of esters is 1. The van der Waals surface area contributed by atoms with Crippen LogP contribution in [0.1, 0.15) is 30.6 Å². The lowest BCUT2D eigenvalue weighted by molar-refractivity contribution is 0.0491. The van der Waals surface area contributed by atoms with Crippen molar-refractivity contribution in [2.24, 2.45) is 0 Å². The van der Waals surface area contributed by atoms with E-state index in [2.05, 4.69) is 4.90 Å². The van der Waals surface area contributed by atoms with Gasteiger partial charge in [-0.3, -0.25) is 0 Å². The first-order valence-electron chi connectivity index (χ1n) is 7.75. The third kappa shape index (κ3) is 6.81. The van der Waals surface area contributed by atoms with E-state index in [0.29, 0.717) is 25.1 Å². The van der Waals surface area contributed by atoms with Gasteiger partial charge in [-0.15, -0.1) is 0 Å². The van der Waals surface area contributed by atoms with Gasteiger partial charge in [-0.2, -0.15) is 10.5 Å². The standard InChI is InChI=1S/C19H21N3O2/c1-16(2)22(11-6-8-17(14-20)15-21)12-7-13-24-19(23)18-9-4-3-5-10-18/h3-6,8-11,16H,7,12-13H2,1-2H3. The van der Waals surface area contributed by atoms with E-state index in [9.17, 15) is 4.79 Å². The molecule has 1 aromatic carbocycles. The molecule has 0 saturated carbocycles. The highest BCUT2D eigenvalue weighted by atomic mass is 16.5. The van der Waals surface area contributed by atoms with Crippen molar-refractivity contribution >= 4 is 5.97 Å². The van der Waals surface area contributed by atoms with Crippen LogP contribution in [0.25, 0.3) is 0 Å². The van der Waals surface area contributed by atoms with Crippen LogP contribution in [0, 0.1) is 22.7 Å². The van der Waals surface area contributed by atoms with Crippen LogP contribution >= 0.6 is 0 Å². The van der Waals surface area contributed by atoms with E-state index in [1.165, 1.54) is 6.08 Å². The topological polar surface area (TPSA) is 77.1 Å². The minimum Gasteiger partial charge on any atom is -0.462 e. The van der Waals surface area contributed by atoms with Gasteiger partial charge in [-0.1, -0.05) is 18.2 Å². The van der Waals surface area contributed by atoms with Crippen LogP contribution in [-0.4, -0.2) is 30.1 Å². The second-order valence-corrected chi connectivity index (χ2v) is 5.33. The van der Waals surface area contributed by atoms with Crippen molar-refractivity contribution in [3.05, 3.63) is 59.8 Å². The molecule has 0 aliphatic rings. The number of carbonyl (C=O) groups excluding carboxylic acids is 1. The van der Waals surface area contributed by atoms with Gasteiger partial charge in [0.15, 0.2) is 0 Å². The summed E-state index contributed by atoms with van der Waals surface area (Å²) in [6.45, 7) is 5.12. The largest absolute Gasteiger partial charge is 0.462 e. The molecule has 0 aromatic heterocycles. The molecule has 0 bridgehead atoms. The molecule has 0 spiro atoms. The van der Waals surface area contributed by atoms with Crippen LogP contribution in [0.5, 0.6) is 0 Å². The van der Waals surface area contributed by atoms with Gasteiger partial charge in [0.2, 0.25) is 0 Å². The second-order valence-electron chi connectivity index (χ2n) is 5.33. The lowest BCUT2D eigenvalue weighted by atomic mass is 10.2. The maximum absolute atomic E-state index is 11.8. The molecule has 0 atom stereocenters. The molecule has 0 radical (unpaired) electrons. The third-order valence-electron chi connectivity index (χ3n) is 3.25. The minimum atomic E-state index is -0.321. The van der Waals surface area contributed by atoms with Gasteiger partial charge in [0.25, 0.3) is 0 Å². The average molecular weight is 323 g/mol. The molecule has 0 aliphatic carbocycles. The minimum absolute atomic E-state index is 0.0618. The highest BCUT2D eigenvalue weighted by molar-refractivity contribution is 5.89. The molecule has 1 rings (SSSR count). The summed E-state index contributed by atoms with van der Waals surface area (Å²) in [4.78, 5) is 13.9. The number of carbonyl (C=O) groups is 1. The number of allylic oxidation sites excluding steroid dienone is 3. The molecule has 0 amide bonds. The summed E-state index contributed by atoms with van der Waals surface area (Å²) in [5, 5.41) is 17.4. The smallest absolute Gasteiger partial charge is 0.338 e. The van der Waals surface area contributed by atoms with Gasteiger partial charge in [0.05, 0.1) is 12.2 Å². The van der Waals surface area contributed by atoms with Gasteiger partial charge < -0.3 is 9.64 Å². The molecule has 0 heterocycles. The Morgan fingerprint density at radius 1 is 1.25 bits per heavy atom. The zero-order chi connectivity index (χ0) is 17.8. The van der Waals surface area contributed by atoms with E-state index in [-0.39, 0.29) is 17.6 Å². The number of hydrogen-bond acceptors (Lipinski definition) is 5. The molecule has 24 heavy (non-hydrogen) atoms. The van der Waals surface area contributed by atoms with E-state index in [4.69, 9.17) is 15.3 Å². The van der Waals surface area contributed by atoms with Crippen molar-refractivity contribution in [2.75, 3.05) is 13.2 Å². The van der Waals surface area contributed by atoms with Crippen LogP contribution < -0.4 is 0 Å². The van der Waals surface area contributed by atoms with E-state index >= 15 is 0 Å². The Hall–Kier alpha value is -3.05. The molecular formula is C19H21N3O2. The van der Waals surface area contributed by atoms with Crippen LogP contribution in [-0.2, 0) is 4.74 Å². The van der Waals surface area contributed by atoms with Crippen LogP contribution in [0.3, 0.4) is 0 Å². The lowest BCUT2D eigenvalue weighted by Gasteiger charge is -2.24. The molecule has 1 aromatic rings. The zero-order valence-electron chi connectivity index (χ0n) is 14.0. The van der Waals surface area contributed by atoms with Gasteiger partial charge in [-0.05, 0) is 50.8 Å². The van der Waals surface area contributed by atoms with Crippen LogP contribution in [0.2, 0.25) is 0 Å². The van der Waals surface area contributed by atoms with Crippen molar-refractivity contribution in [1.82, 2.24) is 4.90 Å². The van der Waals surface area contributed by atoms with Crippen molar-refractivity contribution < 1.29 is 9.53 Å². The SMILES string of the molecule is CC(C)N(C=CC=C(C#N)C#N)CCCOC(=O)c1ccccc1. The first kappa shape index (κ1) is 19.0. The Labute approximate surface area is 143 Å². The molecule has 0 fully saturated rings. The van der Waals surface area contributed by atoms with Gasteiger partial charge in [0.1, 0.15) is 17.7 Å². The molecule has 5 heteroatoms. The zero-order valence-corrected chi connectivity index (χ0v) is 14.0. The summed E-state index contributed by atoms with van der Waals surface area (Å²) >= 11 is 0. The fourth-order valence-electron chi connectivity index (χ4n) is 1.92. The third-order valence-corrected chi connectivity index (χ3v) is 3.25. The fourth-order valence-corrected chi connectivity index (χ4v) is 1.92. The van der Waals surface area contributed by atoms with Gasteiger partial charge >= 0.3 is 5.97 Å². The van der Waals surface area contributed by atoms with E-state index in [0.717, 1.165) is 0 Å². The Morgan fingerprint density at radius 3 is 2.50 bits per heavy atom. The molecular weight excluding hydrogens is 302 g/mol. The van der Waals surface area contributed by atoms with E-state index in [1.807, 2.05) is 38.3 Å². The highest BCUT2D eigenvalue weighted by Gasteiger charge is 2.07. The number of nitriles is 2. The molecule has 0 N–H and O–H groups in total. The van der Waals surface area contributed by atoms with Crippen LogP contribution in [0.15, 0.2) is 54.3 Å². The first-order valence-corrected chi connectivity index (χ1v) is 7.75. The summed E-state index contributed by atoms with van der Waals surface area (Å²) in [6, 6.07) is 12.8. The van der Waals surface area contributed by atoms with Gasteiger partial charge in [0, 0.05) is 12.6 Å². The second kappa shape index (κ2) is 10.6. The number of ether oxygens (including phenoxy) is 1. The molecule has 0 aliphatic heterocycles. The quantitative estimate of drug-likeness (QED) is 0.317. The van der Waals surface area contributed by atoms with Gasteiger partial charge in [-0.25, -0.2) is 4.79 Å². The summed E-state index contributed by atoms with van der Waals surface area (Å²) in [6.07, 6.45) is 5.68. The lowest BCUT2D eigenvalue weighted by Crippen LogP contribution is -2.27. The highest BCUT2D eigenvalue weighted by Crippen LogP contribution is 2.04. The van der Waals surface area contributed by atoms with Crippen molar-refractivity contribution in [3.63, 3.8) is 0 Å². The molecule has 124 valence electrons. The molecule has 0 saturated heterocycles. The van der Waals surface area contributed by atoms with E-state index < -0.39 is 0 Å². The predicted octanol–water partition coefficient (Wildman–Crippen LogP) is 3.43. The summed E-state index contributed by atoms with van der Waals surface area (Å²) in [5.41, 5.74) is 0.607. The predicted molar refractivity (Wildman–Crippen MR) is 91.6 cm³/mol. The van der Waals surface area contributed by atoms with Crippen molar-refractivity contribution in [2.45, 2.75) is 26.3 Å². The first-order chi connectivity index (χ1) is 11.6. The van der Waals surface area contributed by atoms with Crippen molar-refractivity contribution in [3.8, 4) is 12.1 Å². The van der Waals surface area contributed by atoms with Crippen molar-refractivity contribution in [1.29, 1.82) is 10.5 Å². The fraction of sp³-hybridized carbons (Fsp3) is 0.316. The maximum Gasteiger partial charge on any atom is 0.338 e. The molecule has 5 nitrogen and oxygen atoms in total. The number of hydrogen-bond donors (Lipinski definition) is 0. The Balaban J connectivity index is 2.44. The monoisotopic (exact) mass is 323 g/mol. The number of rotatable bonds is 8. The normalized spacial score (nSPS) is 10.0. The summed E-state index contributed by atoms with van der Waals surface area (Å²) in [7, 11) is 0. The Kier molecular flexibility index (Phi) is 8.42. The Morgan fingerprint density at radius 2 is 1.92 bits per heavy atom. The number of benzene rings is 1. The maximum atomic E-state index is 11.8. The molecule has 0 unspecified atom stereocenters. The van der Waals surface area contributed by atoms with E-state index in [1.54, 1.807) is 30.3 Å². The summed E-state index contributed by atoms with van der Waals surface area (Å²) in [5.74, 6) is -0.321. The Bertz CT molecular complexity index is 648. The average Bonchev–Trinajstić information content (AvgIpc) is 2.60.